The summed E-state index contributed by atoms with van der Waals surface area (Å²) in [7, 11) is 1.56. The van der Waals surface area contributed by atoms with E-state index in [1.807, 2.05) is 37.3 Å². The van der Waals surface area contributed by atoms with E-state index in [9.17, 15) is 14.7 Å². The second-order valence-electron chi connectivity index (χ2n) is 7.52. The summed E-state index contributed by atoms with van der Waals surface area (Å²) >= 11 is 3.46. The summed E-state index contributed by atoms with van der Waals surface area (Å²) in [6.07, 6.45) is 3.31. The molecule has 1 atom stereocenters. The third kappa shape index (κ3) is 4.03. The average molecular weight is 493 g/mol. The first-order valence-corrected chi connectivity index (χ1v) is 10.8. The maximum absolute atomic E-state index is 13.2. The molecule has 1 aromatic heterocycles. The molecule has 7 heteroatoms. The zero-order valence-corrected chi connectivity index (χ0v) is 19.2. The molecule has 32 heavy (non-hydrogen) atoms. The number of Topliss-reactive ketones (excluding diaryl/α,β-unsaturated/α-hetero) is 1. The van der Waals surface area contributed by atoms with Gasteiger partial charge in [-0.1, -0.05) is 34.1 Å². The van der Waals surface area contributed by atoms with E-state index < -0.39 is 17.7 Å². The summed E-state index contributed by atoms with van der Waals surface area (Å²) in [4.78, 5) is 31.8. The fraction of sp³-hybridized carbons (Fsp3) is 0.160. The molecule has 0 spiro atoms. The van der Waals surface area contributed by atoms with Crippen LogP contribution in [0.15, 0.2) is 77.0 Å². The van der Waals surface area contributed by atoms with Gasteiger partial charge in [-0.25, -0.2) is 0 Å². The van der Waals surface area contributed by atoms with Crippen LogP contribution in [0.3, 0.4) is 0 Å². The number of carbonyl (C=O) groups excluding carboxylic acids is 2. The molecule has 0 radical (unpaired) electrons. The van der Waals surface area contributed by atoms with Gasteiger partial charge < -0.3 is 14.7 Å². The van der Waals surface area contributed by atoms with Crippen LogP contribution in [0.5, 0.6) is 5.75 Å². The number of hydrogen-bond donors (Lipinski definition) is 1. The monoisotopic (exact) mass is 492 g/mol. The van der Waals surface area contributed by atoms with E-state index in [1.54, 1.807) is 43.8 Å². The smallest absolute Gasteiger partial charge is 0.295 e. The van der Waals surface area contributed by atoms with E-state index in [0.717, 1.165) is 21.2 Å². The molecule has 1 fully saturated rings. The Kier molecular flexibility index (Phi) is 6.10. The van der Waals surface area contributed by atoms with Crippen LogP contribution in [0, 0.1) is 6.92 Å². The van der Waals surface area contributed by atoms with Gasteiger partial charge in [-0.15, -0.1) is 0 Å². The Balaban J connectivity index is 1.88. The lowest BCUT2D eigenvalue weighted by atomic mass is 9.94. The first-order chi connectivity index (χ1) is 15.4. The SMILES string of the molecule is COc1ccc(/C(O)=C2\C(=O)C(=O)N(Cc3cccnc3)[C@H]2c2cccc(Br)c2)c(C)c1. The Bertz CT molecular complexity index is 1220. The number of halogens is 1. The number of aliphatic hydroxyl groups excluding tert-OH is 1. The van der Waals surface area contributed by atoms with Crippen molar-refractivity contribution in [3.63, 3.8) is 0 Å². The number of hydrogen-bond acceptors (Lipinski definition) is 5. The number of aryl methyl sites for hydroxylation is 1. The number of aromatic nitrogens is 1. The predicted octanol–water partition coefficient (Wildman–Crippen LogP) is 4.78. The number of pyridine rings is 1. The van der Waals surface area contributed by atoms with Crippen LogP contribution in [0.4, 0.5) is 0 Å². The third-order valence-corrected chi connectivity index (χ3v) is 5.96. The Morgan fingerprint density at radius 2 is 1.97 bits per heavy atom. The number of likely N-dealkylation sites (tertiary alicyclic amines) is 1. The zero-order valence-electron chi connectivity index (χ0n) is 17.6. The van der Waals surface area contributed by atoms with Gasteiger partial charge in [-0.2, -0.15) is 0 Å². The van der Waals surface area contributed by atoms with Crippen molar-refractivity contribution in [1.29, 1.82) is 0 Å². The molecule has 2 aromatic carbocycles. The molecule has 2 heterocycles. The molecule has 4 rings (SSSR count). The van der Waals surface area contributed by atoms with Gasteiger partial charge in [0.1, 0.15) is 11.5 Å². The van der Waals surface area contributed by atoms with Gasteiger partial charge in [-0.3, -0.25) is 14.6 Å². The van der Waals surface area contributed by atoms with Crippen LogP contribution in [0.2, 0.25) is 0 Å². The maximum atomic E-state index is 13.2. The molecule has 0 bridgehead atoms. The highest BCUT2D eigenvalue weighted by Gasteiger charge is 2.46. The van der Waals surface area contributed by atoms with E-state index in [4.69, 9.17) is 4.74 Å². The standard InChI is InChI=1S/C25H21BrN2O4/c1-15-11-19(32-2)8-9-20(15)23(29)21-22(17-6-3-7-18(26)12-17)28(25(31)24(21)30)14-16-5-4-10-27-13-16/h3-13,22,29H,14H2,1-2H3/b23-21+/t22-/m0/s1. The van der Waals surface area contributed by atoms with Gasteiger partial charge in [0.15, 0.2) is 0 Å². The van der Waals surface area contributed by atoms with Gasteiger partial charge in [0.2, 0.25) is 0 Å². The van der Waals surface area contributed by atoms with E-state index >= 15 is 0 Å². The Hall–Kier alpha value is -3.45. The number of ether oxygens (including phenoxy) is 1. The molecule has 0 saturated carbocycles. The van der Waals surface area contributed by atoms with E-state index in [-0.39, 0.29) is 17.9 Å². The van der Waals surface area contributed by atoms with Crippen LogP contribution in [-0.4, -0.2) is 33.8 Å². The molecule has 1 N–H and O–H groups in total. The molecular weight excluding hydrogens is 472 g/mol. The van der Waals surface area contributed by atoms with Gasteiger partial charge in [-0.05, 0) is 60.0 Å². The highest BCUT2D eigenvalue weighted by atomic mass is 79.9. The highest BCUT2D eigenvalue weighted by molar-refractivity contribution is 9.10. The zero-order chi connectivity index (χ0) is 22.8. The highest BCUT2D eigenvalue weighted by Crippen LogP contribution is 2.41. The molecule has 0 unspecified atom stereocenters. The van der Waals surface area contributed by atoms with Gasteiger partial charge in [0, 0.05) is 29.0 Å². The molecule has 3 aromatic rings. The van der Waals surface area contributed by atoms with Gasteiger partial charge >= 0.3 is 0 Å². The first kappa shape index (κ1) is 21.8. The summed E-state index contributed by atoms with van der Waals surface area (Å²) in [5, 5.41) is 11.3. The van der Waals surface area contributed by atoms with Crippen LogP contribution in [-0.2, 0) is 16.1 Å². The molecule has 1 aliphatic heterocycles. The Morgan fingerprint density at radius 1 is 1.16 bits per heavy atom. The number of ketones is 1. The fourth-order valence-corrected chi connectivity index (χ4v) is 4.35. The summed E-state index contributed by atoms with van der Waals surface area (Å²) < 4.78 is 6.05. The number of amides is 1. The van der Waals surface area contributed by atoms with Crippen LogP contribution in [0.1, 0.15) is 28.3 Å². The summed E-state index contributed by atoms with van der Waals surface area (Å²) in [6.45, 7) is 2.01. The lowest BCUT2D eigenvalue weighted by Crippen LogP contribution is -2.29. The second-order valence-corrected chi connectivity index (χ2v) is 8.44. The topological polar surface area (TPSA) is 79.7 Å². The lowest BCUT2D eigenvalue weighted by Gasteiger charge is -2.25. The lowest BCUT2D eigenvalue weighted by molar-refractivity contribution is -0.140. The fourth-order valence-electron chi connectivity index (χ4n) is 3.93. The quantitative estimate of drug-likeness (QED) is 0.314. The minimum absolute atomic E-state index is 0.0604. The van der Waals surface area contributed by atoms with E-state index in [2.05, 4.69) is 20.9 Å². The third-order valence-electron chi connectivity index (χ3n) is 5.47. The van der Waals surface area contributed by atoms with Crippen LogP contribution >= 0.6 is 15.9 Å². The van der Waals surface area contributed by atoms with Crippen molar-refractivity contribution >= 4 is 33.4 Å². The number of aliphatic hydroxyl groups is 1. The normalized spacial score (nSPS) is 17.6. The number of rotatable bonds is 5. The Morgan fingerprint density at radius 3 is 2.62 bits per heavy atom. The summed E-state index contributed by atoms with van der Waals surface area (Å²) in [6, 6.07) is 15.4. The van der Waals surface area contributed by atoms with Crippen LogP contribution in [0.25, 0.3) is 5.76 Å². The van der Waals surface area contributed by atoms with E-state index in [1.165, 1.54) is 4.90 Å². The molecule has 6 nitrogen and oxygen atoms in total. The second kappa shape index (κ2) is 8.96. The van der Waals surface area contributed by atoms with Crippen molar-refractivity contribution in [1.82, 2.24) is 9.88 Å². The minimum atomic E-state index is -0.741. The van der Waals surface area contributed by atoms with Crippen molar-refractivity contribution < 1.29 is 19.4 Å². The minimum Gasteiger partial charge on any atom is -0.507 e. The van der Waals surface area contributed by atoms with Crippen molar-refractivity contribution in [3.05, 3.63) is 99.3 Å². The molecule has 1 saturated heterocycles. The predicted molar refractivity (Wildman–Crippen MR) is 124 cm³/mol. The largest absolute Gasteiger partial charge is 0.507 e. The number of nitrogens with zero attached hydrogens (tertiary/aromatic N) is 2. The van der Waals surface area contributed by atoms with Gasteiger partial charge in [0.05, 0.1) is 18.7 Å². The van der Waals surface area contributed by atoms with Gasteiger partial charge in [0.25, 0.3) is 11.7 Å². The Labute approximate surface area is 194 Å². The summed E-state index contributed by atoms with van der Waals surface area (Å²) in [5.41, 5.74) is 2.77. The molecule has 0 aliphatic carbocycles. The number of benzene rings is 2. The maximum Gasteiger partial charge on any atom is 0.295 e. The molecule has 1 amide bonds. The van der Waals surface area contributed by atoms with Crippen LogP contribution < -0.4 is 4.74 Å². The number of methoxy groups -OCH3 is 1. The van der Waals surface area contributed by atoms with E-state index in [0.29, 0.717) is 11.3 Å². The molecular formula is C25H21BrN2O4. The molecule has 162 valence electrons. The van der Waals surface area contributed by atoms with Crippen molar-refractivity contribution in [2.45, 2.75) is 19.5 Å². The number of carbonyl (C=O) groups is 2. The first-order valence-electron chi connectivity index (χ1n) is 9.98. The average Bonchev–Trinajstić information content (AvgIpc) is 3.04. The van der Waals surface area contributed by atoms with Crippen molar-refractivity contribution in [2.24, 2.45) is 0 Å². The van der Waals surface area contributed by atoms with Crippen molar-refractivity contribution in [3.8, 4) is 5.75 Å². The molecule has 1 aliphatic rings. The van der Waals surface area contributed by atoms with Crippen molar-refractivity contribution in [2.75, 3.05) is 7.11 Å². The summed E-state index contributed by atoms with van der Waals surface area (Å²) in [5.74, 6) is -0.945.